The number of carbonyl (C=O) groups is 2. The minimum atomic E-state index is -0.385. The Hall–Kier alpha value is -2.36. The normalized spacial score (nSPS) is 10.5. The van der Waals surface area contributed by atoms with E-state index in [9.17, 15) is 9.59 Å². The third-order valence-corrected chi connectivity index (χ3v) is 3.39. The van der Waals surface area contributed by atoms with E-state index in [2.05, 4.69) is 0 Å². The van der Waals surface area contributed by atoms with Crippen molar-refractivity contribution in [3.05, 3.63) is 59.4 Å². The van der Waals surface area contributed by atoms with Gasteiger partial charge < -0.3 is 9.30 Å². The highest BCUT2D eigenvalue weighted by atomic mass is 16.5. The number of hydrogen-bond acceptors (Lipinski definition) is 3. The smallest absolute Gasteiger partial charge is 0.340 e. The second-order valence-corrected chi connectivity index (χ2v) is 5.39. The van der Waals surface area contributed by atoms with Crippen LogP contribution in [0.5, 0.6) is 0 Å². The number of aromatic nitrogens is 1. The molecule has 0 unspecified atom stereocenters. The van der Waals surface area contributed by atoms with E-state index >= 15 is 0 Å². The molecule has 1 aromatic heterocycles. The summed E-state index contributed by atoms with van der Waals surface area (Å²) in [6.45, 7) is 2.20. The number of ketones is 1. The van der Waals surface area contributed by atoms with Gasteiger partial charge in [-0.25, -0.2) is 4.79 Å². The van der Waals surface area contributed by atoms with E-state index in [1.165, 1.54) is 0 Å². The Morgan fingerprint density at radius 2 is 1.86 bits per heavy atom. The first-order valence-electron chi connectivity index (χ1n) is 7.47. The summed E-state index contributed by atoms with van der Waals surface area (Å²) in [5, 5.41) is 0. The highest BCUT2D eigenvalue weighted by molar-refractivity contribution is 5.93. The maximum Gasteiger partial charge on any atom is 0.340 e. The second kappa shape index (κ2) is 7.59. The van der Waals surface area contributed by atoms with Crippen molar-refractivity contribution in [3.8, 4) is 0 Å². The van der Waals surface area contributed by atoms with Crippen LogP contribution in [0.1, 0.15) is 41.3 Å². The van der Waals surface area contributed by atoms with E-state index in [0.717, 1.165) is 17.5 Å². The van der Waals surface area contributed by atoms with Crippen molar-refractivity contribution in [2.75, 3.05) is 0 Å². The van der Waals surface area contributed by atoms with Crippen molar-refractivity contribution < 1.29 is 14.3 Å². The predicted octanol–water partition coefficient (Wildman–Crippen LogP) is 3.29. The zero-order valence-electron chi connectivity index (χ0n) is 13.0. The molecule has 0 aliphatic carbocycles. The molecule has 0 N–H and O–H groups in total. The lowest BCUT2D eigenvalue weighted by Crippen LogP contribution is -2.09. The molecule has 0 aliphatic rings. The number of rotatable bonds is 7. The quantitative estimate of drug-likeness (QED) is 0.737. The molecule has 2 aromatic rings. The van der Waals surface area contributed by atoms with Gasteiger partial charge in [0.1, 0.15) is 12.4 Å². The van der Waals surface area contributed by atoms with E-state index < -0.39 is 0 Å². The molecule has 0 amide bonds. The number of esters is 1. The minimum absolute atomic E-state index is 0.144. The van der Waals surface area contributed by atoms with E-state index in [1.807, 2.05) is 50.5 Å². The lowest BCUT2D eigenvalue weighted by atomic mass is 10.1. The highest BCUT2D eigenvalue weighted by Gasteiger charge is 2.17. The molecule has 116 valence electrons. The largest absolute Gasteiger partial charge is 0.457 e. The number of Topliss-reactive ketones (excluding diaryl/α,β-unsaturated/α-hetero) is 1. The fraction of sp³-hybridized carbons (Fsp3) is 0.333. The highest BCUT2D eigenvalue weighted by Crippen LogP contribution is 2.15. The SMILES string of the molecule is CCCC(=O)Cc1cn(C)cc1C(=O)OCc1ccccc1. The van der Waals surface area contributed by atoms with Crippen LogP contribution in [0.25, 0.3) is 0 Å². The molecule has 0 aliphatic heterocycles. The molecule has 0 atom stereocenters. The first-order chi connectivity index (χ1) is 10.6. The monoisotopic (exact) mass is 299 g/mol. The van der Waals surface area contributed by atoms with Gasteiger partial charge in [0, 0.05) is 32.3 Å². The fourth-order valence-corrected chi connectivity index (χ4v) is 2.34. The lowest BCUT2D eigenvalue weighted by Gasteiger charge is -2.05. The average molecular weight is 299 g/mol. The van der Waals surface area contributed by atoms with Crippen molar-refractivity contribution in [2.24, 2.45) is 7.05 Å². The van der Waals surface area contributed by atoms with Gasteiger partial charge >= 0.3 is 5.97 Å². The summed E-state index contributed by atoms with van der Waals surface area (Å²) in [7, 11) is 1.84. The van der Waals surface area contributed by atoms with Gasteiger partial charge in [-0.2, -0.15) is 0 Å². The Balaban J connectivity index is 2.04. The van der Waals surface area contributed by atoms with E-state index in [4.69, 9.17) is 4.74 Å². The molecular formula is C18H21NO3. The molecule has 22 heavy (non-hydrogen) atoms. The molecule has 0 saturated carbocycles. The topological polar surface area (TPSA) is 48.3 Å². The Bertz CT molecular complexity index is 644. The average Bonchev–Trinajstić information content (AvgIpc) is 2.86. The minimum Gasteiger partial charge on any atom is -0.457 e. The molecular weight excluding hydrogens is 278 g/mol. The molecule has 0 bridgehead atoms. The van der Waals surface area contributed by atoms with E-state index in [-0.39, 0.29) is 24.8 Å². The van der Waals surface area contributed by atoms with Gasteiger partial charge in [0.2, 0.25) is 0 Å². The lowest BCUT2D eigenvalue weighted by molar-refractivity contribution is -0.118. The summed E-state index contributed by atoms with van der Waals surface area (Å²) >= 11 is 0. The van der Waals surface area contributed by atoms with Gasteiger partial charge in [-0.3, -0.25) is 4.79 Å². The maximum absolute atomic E-state index is 12.2. The fourth-order valence-electron chi connectivity index (χ4n) is 2.34. The number of ether oxygens (including phenoxy) is 1. The van der Waals surface area contributed by atoms with Gasteiger partial charge in [0.05, 0.1) is 5.56 Å². The zero-order valence-corrected chi connectivity index (χ0v) is 13.0. The van der Waals surface area contributed by atoms with Crippen LogP contribution in [-0.2, 0) is 29.6 Å². The Morgan fingerprint density at radius 3 is 2.55 bits per heavy atom. The number of aryl methyl sites for hydroxylation is 1. The summed E-state index contributed by atoms with van der Waals surface area (Å²) in [6, 6.07) is 9.54. The van der Waals surface area contributed by atoms with E-state index in [1.54, 1.807) is 10.8 Å². The Kier molecular flexibility index (Phi) is 5.53. The summed E-state index contributed by atoms with van der Waals surface area (Å²) in [5.41, 5.74) is 2.15. The summed E-state index contributed by atoms with van der Waals surface area (Å²) < 4.78 is 7.13. The second-order valence-electron chi connectivity index (χ2n) is 5.39. The number of hydrogen-bond donors (Lipinski definition) is 0. The molecule has 2 rings (SSSR count). The van der Waals surface area contributed by atoms with Crippen molar-refractivity contribution >= 4 is 11.8 Å². The van der Waals surface area contributed by atoms with Crippen LogP contribution in [-0.4, -0.2) is 16.3 Å². The van der Waals surface area contributed by atoms with Crippen LogP contribution >= 0.6 is 0 Å². The standard InChI is InChI=1S/C18H21NO3/c1-3-7-16(20)10-15-11-19(2)12-17(15)18(21)22-13-14-8-5-4-6-9-14/h4-6,8-9,11-12H,3,7,10,13H2,1-2H3. The summed E-state index contributed by atoms with van der Waals surface area (Å²) in [5.74, 6) is -0.241. The van der Waals surface area contributed by atoms with Crippen LogP contribution in [0.15, 0.2) is 42.7 Å². The van der Waals surface area contributed by atoms with Gasteiger partial charge in [0.15, 0.2) is 0 Å². The van der Waals surface area contributed by atoms with Crippen LogP contribution in [0.3, 0.4) is 0 Å². The number of carbonyl (C=O) groups excluding carboxylic acids is 2. The molecule has 4 heteroatoms. The molecule has 0 saturated heterocycles. The summed E-state index contributed by atoms with van der Waals surface area (Å²) in [4.78, 5) is 24.1. The van der Waals surface area contributed by atoms with Crippen molar-refractivity contribution in [1.82, 2.24) is 4.57 Å². The van der Waals surface area contributed by atoms with Crippen LogP contribution < -0.4 is 0 Å². The van der Waals surface area contributed by atoms with Crippen LogP contribution in [0.2, 0.25) is 0 Å². The molecule has 0 radical (unpaired) electrons. The van der Waals surface area contributed by atoms with Crippen molar-refractivity contribution in [2.45, 2.75) is 32.8 Å². The molecule has 1 heterocycles. The van der Waals surface area contributed by atoms with Crippen LogP contribution in [0, 0.1) is 0 Å². The number of nitrogens with zero attached hydrogens (tertiary/aromatic N) is 1. The third kappa shape index (κ3) is 4.32. The van der Waals surface area contributed by atoms with E-state index in [0.29, 0.717) is 12.0 Å². The van der Waals surface area contributed by atoms with Gasteiger partial charge in [-0.15, -0.1) is 0 Å². The molecule has 4 nitrogen and oxygen atoms in total. The Labute approximate surface area is 130 Å². The molecule has 1 aromatic carbocycles. The molecule has 0 fully saturated rings. The van der Waals surface area contributed by atoms with Crippen LogP contribution in [0.4, 0.5) is 0 Å². The Morgan fingerprint density at radius 1 is 1.14 bits per heavy atom. The van der Waals surface area contributed by atoms with Gasteiger partial charge in [0.25, 0.3) is 0 Å². The zero-order chi connectivity index (χ0) is 15.9. The predicted molar refractivity (Wildman–Crippen MR) is 84.6 cm³/mol. The number of benzene rings is 1. The third-order valence-electron chi connectivity index (χ3n) is 3.39. The first kappa shape index (κ1) is 16.0. The maximum atomic E-state index is 12.2. The molecule has 0 spiro atoms. The van der Waals surface area contributed by atoms with Gasteiger partial charge in [-0.1, -0.05) is 37.3 Å². The first-order valence-corrected chi connectivity index (χ1v) is 7.47. The van der Waals surface area contributed by atoms with Crippen molar-refractivity contribution in [3.63, 3.8) is 0 Å². The van der Waals surface area contributed by atoms with Crippen molar-refractivity contribution in [1.29, 1.82) is 0 Å². The summed E-state index contributed by atoms with van der Waals surface area (Å²) in [6.07, 6.45) is 5.16. The van der Waals surface area contributed by atoms with Gasteiger partial charge in [-0.05, 0) is 17.5 Å².